The van der Waals surface area contributed by atoms with Crippen LogP contribution in [0, 0.1) is 5.21 Å². The topological polar surface area (TPSA) is 83.2 Å². The molecule has 1 atom stereocenters. The number of quaternary nitrogens is 1. The Kier molecular flexibility index (Phi) is 3.19. The highest BCUT2D eigenvalue weighted by Gasteiger charge is 2.28. The number of nitrogens with zero attached hydrogens (tertiary/aromatic N) is 1. The molecule has 1 heterocycles. The van der Waals surface area contributed by atoms with E-state index in [-0.39, 0.29) is 17.5 Å². The maximum Gasteiger partial charge on any atom is 0.182 e. The molecule has 0 fully saturated rings. The van der Waals surface area contributed by atoms with Gasteiger partial charge in [-0.1, -0.05) is 18.2 Å². The third kappa shape index (κ3) is 2.05. The number of phenols is 1. The number of hydrazine groups is 1. The van der Waals surface area contributed by atoms with Crippen molar-refractivity contribution in [3.63, 3.8) is 0 Å². The van der Waals surface area contributed by atoms with E-state index in [4.69, 9.17) is 5.11 Å². The minimum absolute atomic E-state index is 0.0142. The number of anilines is 2. The first kappa shape index (κ1) is 12.7. The summed E-state index contributed by atoms with van der Waals surface area (Å²) in [6, 6.07) is 12.1. The predicted octanol–water partition coefficient (Wildman–Crippen LogP) is 0.703. The van der Waals surface area contributed by atoms with E-state index >= 15 is 0 Å². The maximum absolute atomic E-state index is 12.3. The third-order valence-corrected chi connectivity index (χ3v) is 3.27. The molecule has 0 bridgehead atoms. The van der Waals surface area contributed by atoms with Crippen LogP contribution in [0.3, 0.4) is 0 Å². The molecule has 1 aliphatic rings. The lowest BCUT2D eigenvalue weighted by Crippen LogP contribution is -3.09. The average molecular weight is 273 g/mol. The number of nitrogens with one attached hydrogen (secondary N) is 2. The molecule has 6 heteroatoms. The summed E-state index contributed by atoms with van der Waals surface area (Å²) in [6.45, 7) is 0.0197. The number of hydrogen-bond acceptors (Lipinski definition) is 5. The van der Waals surface area contributed by atoms with Crippen LogP contribution in [0.2, 0.25) is 0 Å². The quantitative estimate of drug-likeness (QED) is 0.619. The number of aliphatic hydroxyl groups excluding tert-OH is 1. The molecule has 20 heavy (non-hydrogen) atoms. The minimum atomic E-state index is -0.211. The van der Waals surface area contributed by atoms with E-state index in [1.165, 1.54) is 11.2 Å². The van der Waals surface area contributed by atoms with Gasteiger partial charge in [-0.3, -0.25) is 0 Å². The van der Waals surface area contributed by atoms with Gasteiger partial charge in [0.25, 0.3) is 0 Å². The van der Waals surface area contributed by atoms with Gasteiger partial charge in [0, 0.05) is 12.7 Å². The van der Waals surface area contributed by atoms with Gasteiger partial charge in [-0.15, -0.1) is 5.12 Å². The molecule has 0 radical (unpaired) electrons. The van der Waals surface area contributed by atoms with Crippen LogP contribution in [0.5, 0.6) is 5.75 Å². The second-order valence-corrected chi connectivity index (χ2v) is 4.59. The zero-order valence-corrected chi connectivity index (χ0v) is 10.7. The second kappa shape index (κ2) is 5.01. The molecule has 6 nitrogen and oxygen atoms in total. The Hall–Kier alpha value is -2.28. The molecule has 0 aliphatic carbocycles. The SMILES string of the molecule is [O-][NH+]1c2ccccc2NN1c1cc(CCO)ccc1O. The molecule has 0 saturated heterocycles. The van der Waals surface area contributed by atoms with E-state index in [1.54, 1.807) is 24.3 Å². The standard InChI is InChI=1S/C14H15N3O3/c18-8-7-10-5-6-14(19)13(9-10)16-15-11-3-1-2-4-12(11)17(16)20/h1-6,9,15,17-19H,7-8H2. The van der Waals surface area contributed by atoms with Gasteiger partial charge in [0.2, 0.25) is 0 Å². The first-order valence-corrected chi connectivity index (χ1v) is 6.33. The highest BCUT2D eigenvalue weighted by molar-refractivity contribution is 5.70. The van der Waals surface area contributed by atoms with Crippen LogP contribution in [0.15, 0.2) is 42.5 Å². The van der Waals surface area contributed by atoms with Crippen molar-refractivity contribution in [2.45, 2.75) is 6.42 Å². The summed E-state index contributed by atoms with van der Waals surface area (Å²) in [7, 11) is 0. The monoisotopic (exact) mass is 273 g/mol. The van der Waals surface area contributed by atoms with Crippen molar-refractivity contribution < 1.29 is 15.4 Å². The summed E-state index contributed by atoms with van der Waals surface area (Å²) in [5, 5.41) is 32.4. The van der Waals surface area contributed by atoms with Crippen molar-refractivity contribution in [3.8, 4) is 5.75 Å². The summed E-state index contributed by atoms with van der Waals surface area (Å²) in [5.41, 5.74) is 5.49. The molecular formula is C14H15N3O3. The average Bonchev–Trinajstić information content (AvgIpc) is 2.79. The Labute approximate surface area is 116 Å². The Morgan fingerprint density at radius 3 is 2.75 bits per heavy atom. The van der Waals surface area contributed by atoms with Gasteiger partial charge in [-0.25, -0.2) is 10.6 Å². The van der Waals surface area contributed by atoms with Crippen molar-refractivity contribution >= 4 is 17.1 Å². The minimum Gasteiger partial charge on any atom is -0.601 e. The summed E-state index contributed by atoms with van der Waals surface area (Å²) >= 11 is 0. The van der Waals surface area contributed by atoms with E-state index in [0.29, 0.717) is 23.5 Å². The number of aliphatic hydroxyl groups is 1. The normalized spacial score (nSPS) is 16.9. The van der Waals surface area contributed by atoms with Gasteiger partial charge in [0.1, 0.15) is 11.4 Å². The molecule has 1 unspecified atom stereocenters. The fourth-order valence-corrected chi connectivity index (χ4v) is 2.26. The zero-order chi connectivity index (χ0) is 14.1. The summed E-state index contributed by atoms with van der Waals surface area (Å²) in [6.07, 6.45) is 0.474. The van der Waals surface area contributed by atoms with Crippen LogP contribution in [0.25, 0.3) is 0 Å². The molecule has 4 N–H and O–H groups in total. The first-order chi connectivity index (χ1) is 9.70. The number of aromatic hydroxyl groups is 1. The number of fused-ring (bicyclic) bond motifs is 1. The molecule has 0 spiro atoms. The number of rotatable bonds is 3. The van der Waals surface area contributed by atoms with E-state index in [1.807, 2.05) is 12.1 Å². The van der Waals surface area contributed by atoms with Gasteiger partial charge < -0.3 is 15.4 Å². The molecule has 0 aromatic heterocycles. The number of hydrogen-bond donors (Lipinski definition) is 4. The summed E-state index contributed by atoms with van der Waals surface area (Å²) in [4.78, 5) is 0. The van der Waals surface area contributed by atoms with Gasteiger partial charge in [-0.2, -0.15) is 0 Å². The van der Waals surface area contributed by atoms with Gasteiger partial charge >= 0.3 is 0 Å². The molecule has 0 amide bonds. The number of para-hydroxylation sites is 1. The van der Waals surface area contributed by atoms with Crippen LogP contribution in [0.4, 0.5) is 17.1 Å². The first-order valence-electron chi connectivity index (χ1n) is 6.33. The highest BCUT2D eigenvalue weighted by atomic mass is 16.6. The lowest BCUT2D eigenvalue weighted by molar-refractivity contribution is -0.778. The smallest absolute Gasteiger partial charge is 0.182 e. The molecular weight excluding hydrogens is 258 g/mol. The second-order valence-electron chi connectivity index (χ2n) is 4.59. The van der Waals surface area contributed by atoms with Crippen molar-refractivity contribution in [3.05, 3.63) is 53.2 Å². The van der Waals surface area contributed by atoms with Crippen LogP contribution in [-0.2, 0) is 6.42 Å². The van der Waals surface area contributed by atoms with Crippen LogP contribution < -0.4 is 15.7 Å². The summed E-state index contributed by atoms with van der Waals surface area (Å²) < 4.78 is 0. The molecule has 2 aromatic carbocycles. The largest absolute Gasteiger partial charge is 0.601 e. The van der Waals surface area contributed by atoms with Gasteiger partial charge in [-0.05, 0) is 30.2 Å². The van der Waals surface area contributed by atoms with Crippen molar-refractivity contribution in [1.82, 2.24) is 0 Å². The predicted molar refractivity (Wildman–Crippen MR) is 75.4 cm³/mol. The number of benzene rings is 2. The fourth-order valence-electron chi connectivity index (χ4n) is 2.26. The zero-order valence-electron chi connectivity index (χ0n) is 10.7. The van der Waals surface area contributed by atoms with Crippen LogP contribution in [0.1, 0.15) is 5.56 Å². The van der Waals surface area contributed by atoms with E-state index < -0.39 is 0 Å². The van der Waals surface area contributed by atoms with Crippen molar-refractivity contribution in [2.24, 2.45) is 0 Å². The molecule has 2 aromatic rings. The van der Waals surface area contributed by atoms with E-state index in [9.17, 15) is 10.3 Å². The van der Waals surface area contributed by atoms with Gasteiger partial charge in [0.05, 0.1) is 0 Å². The van der Waals surface area contributed by atoms with Crippen LogP contribution >= 0.6 is 0 Å². The molecule has 104 valence electrons. The summed E-state index contributed by atoms with van der Waals surface area (Å²) in [5.74, 6) is 0.0142. The Bertz CT molecular complexity index is 633. The van der Waals surface area contributed by atoms with Crippen molar-refractivity contribution in [2.75, 3.05) is 17.2 Å². The Balaban J connectivity index is 1.97. The van der Waals surface area contributed by atoms with Crippen LogP contribution in [-0.4, -0.2) is 16.8 Å². The molecule has 0 saturated carbocycles. The maximum atomic E-state index is 12.3. The van der Waals surface area contributed by atoms with Crippen molar-refractivity contribution in [1.29, 1.82) is 0 Å². The third-order valence-electron chi connectivity index (χ3n) is 3.27. The fraction of sp³-hybridized carbons (Fsp3) is 0.143. The number of phenolic OH excluding ortho intramolecular Hbond substituents is 1. The van der Waals surface area contributed by atoms with E-state index in [0.717, 1.165) is 5.56 Å². The molecule has 1 aliphatic heterocycles. The Morgan fingerprint density at radius 2 is 2.00 bits per heavy atom. The van der Waals surface area contributed by atoms with E-state index in [2.05, 4.69) is 5.43 Å². The van der Waals surface area contributed by atoms with Gasteiger partial charge in [0.15, 0.2) is 11.4 Å². The lowest BCUT2D eigenvalue weighted by atomic mass is 10.1. The lowest BCUT2D eigenvalue weighted by Gasteiger charge is -2.27. The molecule has 3 rings (SSSR count). The Morgan fingerprint density at radius 1 is 1.20 bits per heavy atom. The highest BCUT2D eigenvalue weighted by Crippen LogP contribution is 2.31.